The maximum atomic E-state index is 11.7. The van der Waals surface area contributed by atoms with Gasteiger partial charge in [-0.2, -0.15) is 0 Å². The van der Waals surface area contributed by atoms with Crippen LogP contribution in [0.15, 0.2) is 11.5 Å². The van der Waals surface area contributed by atoms with Gasteiger partial charge in [-0.1, -0.05) is 64.2 Å². The fourth-order valence-electron chi connectivity index (χ4n) is 3.33. The Hall–Kier alpha value is -2.20. The van der Waals surface area contributed by atoms with Gasteiger partial charge in [-0.25, -0.2) is 4.79 Å². The summed E-state index contributed by atoms with van der Waals surface area (Å²) in [6, 6.07) is 0. The van der Waals surface area contributed by atoms with Gasteiger partial charge in [-0.05, 0) is 12.8 Å². The zero-order valence-corrected chi connectivity index (χ0v) is 17.8. The van der Waals surface area contributed by atoms with Gasteiger partial charge in [0.1, 0.15) is 12.7 Å². The van der Waals surface area contributed by atoms with E-state index in [4.69, 9.17) is 11.2 Å². The van der Waals surface area contributed by atoms with Crippen molar-refractivity contribution in [3.8, 4) is 12.3 Å². The number of cyclic esters (lactones) is 1. The summed E-state index contributed by atoms with van der Waals surface area (Å²) < 4.78 is 9.55. The predicted octanol–water partition coefficient (Wildman–Crippen LogP) is 4.24. The number of carbonyl (C=O) groups is 2. The highest BCUT2D eigenvalue weighted by Gasteiger charge is 2.39. The fourth-order valence-corrected chi connectivity index (χ4v) is 3.33. The van der Waals surface area contributed by atoms with E-state index < -0.39 is 42.3 Å². The van der Waals surface area contributed by atoms with Crippen molar-refractivity contribution in [2.75, 3.05) is 6.61 Å². The number of hydrogen-bond donors (Lipinski definition) is 3. The van der Waals surface area contributed by atoms with Gasteiger partial charge in [-0.3, -0.25) is 4.79 Å². The van der Waals surface area contributed by atoms with E-state index in [-0.39, 0.29) is 6.42 Å². The third-order valence-corrected chi connectivity index (χ3v) is 5.16. The van der Waals surface area contributed by atoms with E-state index in [1.807, 2.05) is 0 Å². The second-order valence-electron chi connectivity index (χ2n) is 7.76. The molecule has 0 aromatic rings. The molecule has 7 heteroatoms. The Labute approximate surface area is 179 Å². The van der Waals surface area contributed by atoms with E-state index in [0.29, 0.717) is 0 Å². The number of carbonyl (C=O) groups excluding carboxylic acids is 2. The summed E-state index contributed by atoms with van der Waals surface area (Å²) in [7, 11) is 0. The van der Waals surface area contributed by atoms with Crippen LogP contribution in [0, 0.1) is 12.3 Å². The first-order valence-electron chi connectivity index (χ1n) is 11.1. The first kappa shape index (κ1) is 25.8. The van der Waals surface area contributed by atoms with Crippen molar-refractivity contribution in [2.45, 2.75) is 102 Å². The minimum atomic E-state index is -1.43. The number of unbranched alkanes of at least 4 members (excludes halogenated alkanes) is 12. The van der Waals surface area contributed by atoms with Crippen LogP contribution in [0.4, 0.5) is 0 Å². The molecular weight excluding hydrogens is 388 g/mol. The molecule has 7 nitrogen and oxygen atoms in total. The first-order chi connectivity index (χ1) is 14.5. The number of ether oxygens (including phenoxy) is 2. The number of rotatable bonds is 17. The van der Waals surface area contributed by atoms with Crippen molar-refractivity contribution >= 4 is 11.9 Å². The van der Waals surface area contributed by atoms with Crippen LogP contribution >= 0.6 is 0 Å². The van der Waals surface area contributed by atoms with Gasteiger partial charge in [0.25, 0.3) is 0 Å². The summed E-state index contributed by atoms with van der Waals surface area (Å²) in [5.41, 5.74) is 0. The Kier molecular flexibility index (Phi) is 13.4. The molecule has 0 aromatic carbocycles. The van der Waals surface area contributed by atoms with Gasteiger partial charge in [0.2, 0.25) is 5.76 Å². The van der Waals surface area contributed by atoms with Crippen molar-refractivity contribution in [3.63, 3.8) is 0 Å². The highest BCUT2D eigenvalue weighted by Crippen LogP contribution is 2.21. The summed E-state index contributed by atoms with van der Waals surface area (Å²) in [5, 5.41) is 28.5. The minimum Gasteiger partial charge on any atom is -0.505 e. The molecule has 1 heterocycles. The Bertz CT molecular complexity index is 591. The fraction of sp³-hybridized carbons (Fsp3) is 0.739. The van der Waals surface area contributed by atoms with Crippen LogP contribution < -0.4 is 0 Å². The van der Waals surface area contributed by atoms with Crippen LogP contribution in [0.25, 0.3) is 0 Å². The zero-order chi connectivity index (χ0) is 22.2. The van der Waals surface area contributed by atoms with Crippen LogP contribution in [-0.2, 0) is 19.1 Å². The molecule has 0 amide bonds. The predicted molar refractivity (Wildman–Crippen MR) is 113 cm³/mol. The Morgan fingerprint density at radius 3 is 1.93 bits per heavy atom. The number of terminal acetylenes is 1. The van der Waals surface area contributed by atoms with Gasteiger partial charge < -0.3 is 24.8 Å². The lowest BCUT2D eigenvalue weighted by Gasteiger charge is -2.17. The maximum Gasteiger partial charge on any atom is 0.377 e. The second-order valence-corrected chi connectivity index (χ2v) is 7.76. The molecule has 1 rings (SSSR count). The lowest BCUT2D eigenvalue weighted by Crippen LogP contribution is -2.33. The zero-order valence-electron chi connectivity index (χ0n) is 17.8. The molecule has 0 bridgehead atoms. The van der Waals surface area contributed by atoms with Crippen molar-refractivity contribution < 1.29 is 34.4 Å². The van der Waals surface area contributed by atoms with Crippen LogP contribution in [0.2, 0.25) is 0 Å². The van der Waals surface area contributed by atoms with Crippen LogP contribution in [0.3, 0.4) is 0 Å². The average Bonchev–Trinajstić information content (AvgIpc) is 2.99. The average molecular weight is 425 g/mol. The standard InChI is InChI=1S/C23H36O7/c1-2-3-4-5-6-7-8-9-10-11-12-13-14-15-16-19(25)29-17-18(24)22-20(26)21(27)23(28)30-22/h1,18,22,24,26-27H,3-17H2. The van der Waals surface area contributed by atoms with E-state index in [0.717, 1.165) is 38.5 Å². The molecule has 1 aliphatic heterocycles. The van der Waals surface area contributed by atoms with Gasteiger partial charge >= 0.3 is 11.9 Å². The Morgan fingerprint density at radius 1 is 0.967 bits per heavy atom. The molecule has 0 spiro atoms. The summed E-state index contributed by atoms with van der Waals surface area (Å²) in [4.78, 5) is 22.8. The molecule has 0 radical (unpaired) electrons. The molecule has 1 aliphatic rings. The molecule has 2 unspecified atom stereocenters. The first-order valence-corrected chi connectivity index (χ1v) is 11.1. The Balaban J connectivity index is 1.91. The molecule has 30 heavy (non-hydrogen) atoms. The number of esters is 2. The van der Waals surface area contributed by atoms with E-state index >= 15 is 0 Å². The molecule has 0 saturated heterocycles. The SMILES string of the molecule is C#CCCCCCCCCCCCCCCC(=O)OCC(O)C1OC(=O)C(O)=C1O. The minimum absolute atomic E-state index is 0.254. The maximum absolute atomic E-state index is 11.7. The van der Waals surface area contributed by atoms with Crippen molar-refractivity contribution in [2.24, 2.45) is 0 Å². The highest BCUT2D eigenvalue weighted by molar-refractivity contribution is 5.89. The number of aliphatic hydroxyl groups excluding tert-OH is 3. The monoisotopic (exact) mass is 424 g/mol. The molecular formula is C23H36O7. The molecule has 170 valence electrons. The molecule has 0 saturated carbocycles. The molecule has 0 fully saturated rings. The molecule has 0 aliphatic carbocycles. The summed E-state index contributed by atoms with van der Waals surface area (Å²) in [6.45, 7) is -0.419. The lowest BCUT2D eigenvalue weighted by molar-refractivity contribution is -0.154. The largest absolute Gasteiger partial charge is 0.505 e. The normalized spacial score (nSPS) is 16.9. The van der Waals surface area contributed by atoms with E-state index in [9.17, 15) is 24.9 Å². The van der Waals surface area contributed by atoms with E-state index in [1.165, 1.54) is 44.9 Å². The van der Waals surface area contributed by atoms with Crippen molar-refractivity contribution in [1.82, 2.24) is 0 Å². The van der Waals surface area contributed by atoms with Crippen LogP contribution in [0.5, 0.6) is 0 Å². The van der Waals surface area contributed by atoms with E-state index in [2.05, 4.69) is 10.7 Å². The van der Waals surface area contributed by atoms with Gasteiger partial charge in [0, 0.05) is 12.8 Å². The summed E-state index contributed by atoms with van der Waals surface area (Å²) >= 11 is 0. The molecule has 3 N–H and O–H groups in total. The quantitative estimate of drug-likeness (QED) is 0.182. The number of aliphatic hydroxyl groups is 3. The highest BCUT2D eigenvalue weighted by atomic mass is 16.6. The summed E-state index contributed by atoms with van der Waals surface area (Å²) in [6.07, 6.45) is 17.5. The van der Waals surface area contributed by atoms with Crippen molar-refractivity contribution in [1.29, 1.82) is 0 Å². The molecule has 0 aromatic heterocycles. The van der Waals surface area contributed by atoms with Gasteiger partial charge in [-0.15, -0.1) is 12.3 Å². The third-order valence-electron chi connectivity index (χ3n) is 5.16. The van der Waals surface area contributed by atoms with Gasteiger partial charge in [0.15, 0.2) is 11.9 Å². The van der Waals surface area contributed by atoms with Crippen LogP contribution in [0.1, 0.15) is 89.9 Å². The Morgan fingerprint density at radius 2 is 1.47 bits per heavy atom. The van der Waals surface area contributed by atoms with E-state index in [1.54, 1.807) is 0 Å². The second kappa shape index (κ2) is 15.6. The summed E-state index contributed by atoms with van der Waals surface area (Å²) in [5.74, 6) is -0.568. The smallest absolute Gasteiger partial charge is 0.377 e. The van der Waals surface area contributed by atoms with Crippen LogP contribution in [-0.4, -0.2) is 46.1 Å². The van der Waals surface area contributed by atoms with Gasteiger partial charge in [0.05, 0.1) is 0 Å². The number of hydrogen-bond acceptors (Lipinski definition) is 7. The third kappa shape index (κ3) is 10.5. The van der Waals surface area contributed by atoms with Crippen molar-refractivity contribution in [3.05, 3.63) is 11.5 Å². The molecule has 2 atom stereocenters. The lowest BCUT2D eigenvalue weighted by atomic mass is 10.0. The topological polar surface area (TPSA) is 113 Å².